The number of rotatable bonds is 5. The van der Waals surface area contributed by atoms with Crippen molar-refractivity contribution in [2.75, 3.05) is 0 Å². The third kappa shape index (κ3) is 2.61. The second kappa shape index (κ2) is 5.01. The summed E-state index contributed by atoms with van der Waals surface area (Å²) < 4.78 is 1.94. The molecule has 0 spiro atoms. The number of carbonyl (C=O) groups excluding carboxylic acids is 1. The van der Waals surface area contributed by atoms with Crippen LogP contribution in [0.3, 0.4) is 0 Å². The van der Waals surface area contributed by atoms with Crippen LogP contribution in [0.2, 0.25) is 0 Å². The molecule has 0 atom stereocenters. The lowest BCUT2D eigenvalue weighted by Gasteiger charge is -2.05. The van der Waals surface area contributed by atoms with Crippen molar-refractivity contribution >= 4 is 16.9 Å². The van der Waals surface area contributed by atoms with Crippen molar-refractivity contribution in [3.63, 3.8) is 0 Å². The van der Waals surface area contributed by atoms with Crippen LogP contribution >= 0.6 is 0 Å². The molecule has 1 aliphatic carbocycles. The van der Waals surface area contributed by atoms with Gasteiger partial charge in [0.15, 0.2) is 0 Å². The summed E-state index contributed by atoms with van der Waals surface area (Å²) >= 11 is 0. The van der Waals surface area contributed by atoms with E-state index < -0.39 is 0 Å². The molecule has 3 rings (SSSR count). The topological polar surface area (TPSA) is 67.2 Å². The summed E-state index contributed by atoms with van der Waals surface area (Å²) in [6.45, 7) is 0.579. The number of pyridine rings is 1. The van der Waals surface area contributed by atoms with Crippen molar-refractivity contribution in [1.82, 2.24) is 14.9 Å². The van der Waals surface area contributed by atoms with Crippen LogP contribution in [0.1, 0.15) is 24.8 Å². The van der Waals surface area contributed by atoms with Crippen LogP contribution in [-0.2, 0) is 17.9 Å². The van der Waals surface area contributed by atoms with Gasteiger partial charge >= 0.3 is 0 Å². The van der Waals surface area contributed by atoms with E-state index in [0.717, 1.165) is 29.4 Å². The van der Waals surface area contributed by atoms with Gasteiger partial charge in [0.1, 0.15) is 5.65 Å². The average Bonchev–Trinajstić information content (AvgIpc) is 3.16. The Hall–Kier alpha value is -1.88. The Morgan fingerprint density at radius 3 is 3.11 bits per heavy atom. The standard InChI is InChI=1S/C14H17N3O2/c18-9-10-8-17(14-12(10)2-1-6-15-14)7-5-13(19)16-11-3-4-11/h1-2,6,8,11,18H,3-5,7,9H2,(H,16,19). The van der Waals surface area contributed by atoms with Crippen molar-refractivity contribution < 1.29 is 9.90 Å². The van der Waals surface area contributed by atoms with Gasteiger partial charge in [0, 0.05) is 42.4 Å². The number of nitrogens with one attached hydrogen (secondary N) is 1. The molecular weight excluding hydrogens is 242 g/mol. The van der Waals surface area contributed by atoms with Crippen LogP contribution in [0, 0.1) is 0 Å². The molecular formula is C14H17N3O2. The zero-order valence-corrected chi connectivity index (χ0v) is 10.7. The fourth-order valence-corrected chi connectivity index (χ4v) is 2.24. The summed E-state index contributed by atoms with van der Waals surface area (Å²) in [6.07, 6.45) is 6.26. The summed E-state index contributed by atoms with van der Waals surface area (Å²) in [5.74, 6) is 0.0887. The van der Waals surface area contributed by atoms with Crippen LogP contribution in [0.25, 0.3) is 11.0 Å². The maximum Gasteiger partial charge on any atom is 0.222 e. The highest BCUT2D eigenvalue weighted by atomic mass is 16.3. The lowest BCUT2D eigenvalue weighted by Crippen LogP contribution is -2.26. The molecule has 2 aromatic rings. The molecule has 0 saturated heterocycles. The van der Waals surface area contributed by atoms with E-state index in [9.17, 15) is 9.90 Å². The zero-order chi connectivity index (χ0) is 13.2. The van der Waals surface area contributed by atoms with E-state index in [-0.39, 0.29) is 12.5 Å². The largest absolute Gasteiger partial charge is 0.392 e. The van der Waals surface area contributed by atoms with Crippen LogP contribution < -0.4 is 5.32 Å². The SMILES string of the molecule is O=C(CCn1cc(CO)c2cccnc21)NC1CC1. The molecule has 0 unspecified atom stereocenters. The van der Waals surface area contributed by atoms with Gasteiger partial charge in [-0.2, -0.15) is 0 Å². The summed E-state index contributed by atoms with van der Waals surface area (Å²) in [4.78, 5) is 16.0. The van der Waals surface area contributed by atoms with Gasteiger partial charge < -0.3 is 15.0 Å². The molecule has 5 heteroatoms. The molecule has 1 saturated carbocycles. The predicted octanol–water partition coefficient (Wildman–Crippen LogP) is 1.20. The maximum absolute atomic E-state index is 11.7. The highest BCUT2D eigenvalue weighted by Crippen LogP contribution is 2.20. The second-order valence-electron chi connectivity index (χ2n) is 4.97. The number of aliphatic hydroxyl groups is 1. The van der Waals surface area contributed by atoms with Crippen LogP contribution in [0.4, 0.5) is 0 Å². The number of fused-ring (bicyclic) bond motifs is 1. The molecule has 1 amide bonds. The van der Waals surface area contributed by atoms with E-state index in [1.807, 2.05) is 22.9 Å². The van der Waals surface area contributed by atoms with Gasteiger partial charge in [0.25, 0.3) is 0 Å². The van der Waals surface area contributed by atoms with Gasteiger partial charge in [-0.05, 0) is 25.0 Å². The monoisotopic (exact) mass is 259 g/mol. The summed E-state index contributed by atoms with van der Waals surface area (Å²) in [7, 11) is 0. The van der Waals surface area contributed by atoms with Crippen molar-refractivity contribution in [1.29, 1.82) is 0 Å². The highest BCUT2D eigenvalue weighted by molar-refractivity contribution is 5.81. The Morgan fingerprint density at radius 1 is 1.53 bits per heavy atom. The maximum atomic E-state index is 11.7. The van der Waals surface area contributed by atoms with Gasteiger partial charge in [0.2, 0.25) is 5.91 Å². The Balaban J connectivity index is 1.74. The van der Waals surface area contributed by atoms with Gasteiger partial charge in [-0.15, -0.1) is 0 Å². The van der Waals surface area contributed by atoms with E-state index >= 15 is 0 Å². The summed E-state index contributed by atoms with van der Waals surface area (Å²) in [6, 6.07) is 4.19. The van der Waals surface area contributed by atoms with E-state index in [1.165, 1.54) is 0 Å². The first-order valence-corrected chi connectivity index (χ1v) is 6.61. The van der Waals surface area contributed by atoms with Crippen molar-refractivity contribution in [3.8, 4) is 0 Å². The Kier molecular flexibility index (Phi) is 3.21. The molecule has 0 aliphatic heterocycles. The van der Waals surface area contributed by atoms with E-state index in [1.54, 1.807) is 6.20 Å². The van der Waals surface area contributed by atoms with Gasteiger partial charge in [-0.25, -0.2) is 4.98 Å². The first-order chi connectivity index (χ1) is 9.28. The summed E-state index contributed by atoms with van der Waals surface area (Å²) in [5.41, 5.74) is 1.68. The minimum absolute atomic E-state index is 0.0105. The number of aliphatic hydroxyl groups excluding tert-OH is 1. The van der Waals surface area contributed by atoms with Gasteiger partial charge in [-0.3, -0.25) is 4.79 Å². The molecule has 2 heterocycles. The third-order valence-corrected chi connectivity index (χ3v) is 3.41. The number of hydrogen-bond donors (Lipinski definition) is 2. The first kappa shape index (κ1) is 12.2. The normalized spacial score (nSPS) is 14.8. The van der Waals surface area contributed by atoms with Crippen molar-refractivity contribution in [3.05, 3.63) is 30.1 Å². The second-order valence-corrected chi connectivity index (χ2v) is 4.97. The molecule has 2 N–H and O–H groups in total. The Morgan fingerprint density at radius 2 is 2.37 bits per heavy atom. The number of amides is 1. The lowest BCUT2D eigenvalue weighted by molar-refractivity contribution is -0.121. The number of carbonyl (C=O) groups is 1. The zero-order valence-electron chi connectivity index (χ0n) is 10.7. The van der Waals surface area contributed by atoms with Gasteiger partial charge in [-0.1, -0.05) is 0 Å². The van der Waals surface area contributed by atoms with Crippen molar-refractivity contribution in [2.45, 2.75) is 38.5 Å². The molecule has 0 bridgehead atoms. The highest BCUT2D eigenvalue weighted by Gasteiger charge is 2.23. The molecule has 1 aliphatic rings. The fourth-order valence-electron chi connectivity index (χ4n) is 2.24. The minimum atomic E-state index is -0.0105. The van der Waals surface area contributed by atoms with E-state index in [4.69, 9.17) is 0 Å². The van der Waals surface area contributed by atoms with Crippen LogP contribution in [0.5, 0.6) is 0 Å². The van der Waals surface area contributed by atoms with Gasteiger partial charge in [0.05, 0.1) is 6.61 Å². The molecule has 0 radical (unpaired) electrons. The molecule has 0 aromatic carbocycles. The van der Waals surface area contributed by atoms with E-state index in [2.05, 4.69) is 10.3 Å². The molecule has 1 fully saturated rings. The first-order valence-electron chi connectivity index (χ1n) is 6.61. The van der Waals surface area contributed by atoms with E-state index in [0.29, 0.717) is 19.0 Å². The summed E-state index contributed by atoms with van der Waals surface area (Å²) in [5, 5.41) is 13.3. The Labute approximate surface area is 111 Å². The quantitative estimate of drug-likeness (QED) is 0.847. The minimum Gasteiger partial charge on any atom is -0.392 e. The smallest absolute Gasteiger partial charge is 0.222 e. The molecule has 2 aromatic heterocycles. The number of hydrogen-bond acceptors (Lipinski definition) is 3. The average molecular weight is 259 g/mol. The van der Waals surface area contributed by atoms with Crippen molar-refractivity contribution in [2.24, 2.45) is 0 Å². The van der Waals surface area contributed by atoms with Crippen LogP contribution in [0.15, 0.2) is 24.5 Å². The molecule has 5 nitrogen and oxygen atoms in total. The fraction of sp³-hybridized carbons (Fsp3) is 0.429. The lowest BCUT2D eigenvalue weighted by atomic mass is 10.2. The number of nitrogens with zero attached hydrogens (tertiary/aromatic N) is 2. The number of aryl methyl sites for hydroxylation is 1. The Bertz CT molecular complexity index is 602. The number of aromatic nitrogens is 2. The molecule has 100 valence electrons. The van der Waals surface area contributed by atoms with Crippen LogP contribution in [-0.4, -0.2) is 26.6 Å². The third-order valence-electron chi connectivity index (χ3n) is 3.41. The predicted molar refractivity (Wildman–Crippen MR) is 71.4 cm³/mol. The molecule has 19 heavy (non-hydrogen) atoms.